The second-order valence-electron chi connectivity index (χ2n) is 10.9. The Morgan fingerprint density at radius 1 is 1.22 bits per heavy atom. The summed E-state index contributed by atoms with van der Waals surface area (Å²) in [7, 11) is 4.06. The zero-order valence-corrected chi connectivity index (χ0v) is 24.1. The number of fused-ring (bicyclic) bond motifs is 2. The maximum absolute atomic E-state index is 13.8. The number of nitrogens with zero attached hydrogens (tertiary/aromatic N) is 6. The third kappa shape index (κ3) is 5.40. The van der Waals surface area contributed by atoms with Crippen molar-refractivity contribution in [3.05, 3.63) is 74.8 Å². The van der Waals surface area contributed by atoms with Crippen molar-refractivity contribution in [3.8, 4) is 16.6 Å². The zero-order chi connectivity index (χ0) is 28.7. The van der Waals surface area contributed by atoms with Gasteiger partial charge in [-0.15, -0.1) is 11.3 Å². The molecule has 4 aromatic rings. The molecule has 0 spiro atoms. The second-order valence-corrected chi connectivity index (χ2v) is 12.0. The van der Waals surface area contributed by atoms with Crippen LogP contribution in [0.15, 0.2) is 47.4 Å². The minimum Gasteiger partial charge on any atom is -0.447 e. The lowest BCUT2D eigenvalue weighted by atomic mass is 9.97. The molecule has 6 rings (SSSR count). The van der Waals surface area contributed by atoms with E-state index < -0.39 is 0 Å². The maximum Gasteiger partial charge on any atom is 0.410 e. The van der Waals surface area contributed by atoms with Crippen molar-refractivity contribution < 1.29 is 9.53 Å². The maximum atomic E-state index is 13.8. The van der Waals surface area contributed by atoms with Crippen molar-refractivity contribution in [2.75, 3.05) is 32.6 Å². The average Bonchev–Trinajstić information content (AvgIpc) is 3.57. The standard InChI is InChI=1S/C30H31N7O3S/c1-18-33-27-11-24(28-32-14-23(41-28)16-35(2)3)26(34-21-8-9-36-22(10-21)17-40-30(36)39)12-25(27)29(38)37(18)15-20-6-4-19(13-31)5-7-20/h4-7,11-12,14,21-22,34H,8-10,15-17H2,1-3H3/t21-,22-/m0/s1. The molecule has 1 N–H and O–H groups in total. The molecule has 2 aromatic heterocycles. The first-order valence-electron chi connectivity index (χ1n) is 13.6. The van der Waals surface area contributed by atoms with Gasteiger partial charge in [0.2, 0.25) is 0 Å². The lowest BCUT2D eigenvalue weighted by Crippen LogP contribution is -2.45. The Balaban J connectivity index is 1.40. The SMILES string of the molecule is Cc1nc2cc(-c3ncc(CN(C)C)s3)c(N[C@H]3CCN4C(=O)OC[C@@H]4C3)cc2c(=O)n1Cc1ccc(C#N)cc1. The quantitative estimate of drug-likeness (QED) is 0.352. The fourth-order valence-electron chi connectivity index (χ4n) is 5.60. The normalized spacial score (nSPS) is 18.4. The molecule has 10 nitrogen and oxygen atoms in total. The van der Waals surface area contributed by atoms with Gasteiger partial charge in [-0.05, 0) is 63.7 Å². The molecule has 4 heterocycles. The van der Waals surface area contributed by atoms with E-state index in [1.807, 2.05) is 56.4 Å². The molecule has 2 atom stereocenters. The first-order valence-corrected chi connectivity index (χ1v) is 14.4. The van der Waals surface area contributed by atoms with Gasteiger partial charge in [0.25, 0.3) is 5.56 Å². The molecule has 0 bridgehead atoms. The summed E-state index contributed by atoms with van der Waals surface area (Å²) in [5.41, 5.74) is 3.74. The molecule has 210 valence electrons. The predicted molar refractivity (Wildman–Crippen MR) is 158 cm³/mol. The molecule has 0 aliphatic carbocycles. The summed E-state index contributed by atoms with van der Waals surface area (Å²) in [6.07, 6.45) is 3.21. The molecular weight excluding hydrogens is 538 g/mol. The second kappa shape index (κ2) is 11.0. The van der Waals surface area contributed by atoms with Crippen LogP contribution in [0.25, 0.3) is 21.5 Å². The van der Waals surface area contributed by atoms with Gasteiger partial charge in [-0.2, -0.15) is 5.26 Å². The van der Waals surface area contributed by atoms with Crippen molar-refractivity contribution in [2.45, 2.75) is 44.9 Å². The Morgan fingerprint density at radius 2 is 2.02 bits per heavy atom. The summed E-state index contributed by atoms with van der Waals surface area (Å²) in [5.74, 6) is 0.615. The van der Waals surface area contributed by atoms with Crippen LogP contribution in [0.5, 0.6) is 0 Å². The highest BCUT2D eigenvalue weighted by atomic mass is 32.1. The number of aryl methyl sites for hydroxylation is 1. The number of cyclic esters (lactones) is 1. The molecule has 11 heteroatoms. The summed E-state index contributed by atoms with van der Waals surface area (Å²) in [4.78, 5) is 40.5. The molecule has 2 aliphatic rings. The molecule has 2 aromatic carbocycles. The molecule has 0 saturated carbocycles. The largest absolute Gasteiger partial charge is 0.447 e. The Morgan fingerprint density at radius 3 is 2.78 bits per heavy atom. The number of hydrogen-bond donors (Lipinski definition) is 1. The highest BCUT2D eigenvalue weighted by molar-refractivity contribution is 7.15. The number of rotatable bonds is 7. The van der Waals surface area contributed by atoms with Crippen molar-refractivity contribution in [2.24, 2.45) is 0 Å². The van der Waals surface area contributed by atoms with Crippen molar-refractivity contribution >= 4 is 34.0 Å². The number of nitrogens with one attached hydrogen (secondary N) is 1. The lowest BCUT2D eigenvalue weighted by molar-refractivity contribution is 0.153. The molecule has 1 amide bonds. The monoisotopic (exact) mass is 569 g/mol. The van der Waals surface area contributed by atoms with Crippen molar-refractivity contribution in [3.63, 3.8) is 0 Å². The van der Waals surface area contributed by atoms with Crippen LogP contribution in [0.3, 0.4) is 0 Å². The van der Waals surface area contributed by atoms with E-state index in [4.69, 9.17) is 20.0 Å². The highest BCUT2D eigenvalue weighted by Crippen LogP contribution is 2.36. The van der Waals surface area contributed by atoms with E-state index in [9.17, 15) is 9.59 Å². The number of carbonyl (C=O) groups is 1. The van der Waals surface area contributed by atoms with E-state index in [0.717, 1.165) is 46.1 Å². The number of amides is 1. The minimum atomic E-state index is -0.236. The summed E-state index contributed by atoms with van der Waals surface area (Å²) < 4.78 is 6.94. The molecule has 2 saturated heterocycles. The third-order valence-electron chi connectivity index (χ3n) is 7.67. The zero-order valence-electron chi connectivity index (χ0n) is 23.3. The van der Waals surface area contributed by atoms with Crippen molar-refractivity contribution in [1.29, 1.82) is 5.26 Å². The number of aromatic nitrogens is 3. The van der Waals surface area contributed by atoms with Crippen LogP contribution in [0.2, 0.25) is 0 Å². The Bertz CT molecular complexity index is 1720. The summed E-state index contributed by atoms with van der Waals surface area (Å²) in [6.45, 7) is 4.03. The van der Waals surface area contributed by atoms with Crippen LogP contribution >= 0.6 is 11.3 Å². The van der Waals surface area contributed by atoms with Crippen LogP contribution < -0.4 is 10.9 Å². The first-order chi connectivity index (χ1) is 19.8. The van der Waals surface area contributed by atoms with Crippen LogP contribution in [-0.2, 0) is 17.8 Å². The number of benzene rings is 2. The first kappa shape index (κ1) is 26.9. The topological polar surface area (TPSA) is 116 Å². The molecule has 41 heavy (non-hydrogen) atoms. The van der Waals surface area contributed by atoms with Gasteiger partial charge in [0.05, 0.1) is 35.1 Å². The van der Waals surface area contributed by atoms with Gasteiger partial charge in [0.15, 0.2) is 0 Å². The van der Waals surface area contributed by atoms with Gasteiger partial charge in [-0.3, -0.25) is 9.36 Å². The fourth-order valence-corrected chi connectivity index (χ4v) is 6.66. The molecule has 2 fully saturated rings. The number of piperidine rings is 1. The van der Waals surface area contributed by atoms with Gasteiger partial charge in [0.1, 0.15) is 17.4 Å². The Kier molecular flexibility index (Phi) is 7.19. The molecular formula is C30H31N7O3S. The van der Waals surface area contributed by atoms with Gasteiger partial charge >= 0.3 is 6.09 Å². The summed E-state index contributed by atoms with van der Waals surface area (Å²) in [6, 6.07) is 13.4. The van der Waals surface area contributed by atoms with Gasteiger partial charge in [-0.25, -0.2) is 14.8 Å². The lowest BCUT2D eigenvalue weighted by Gasteiger charge is -2.33. The van der Waals surface area contributed by atoms with E-state index in [-0.39, 0.29) is 23.7 Å². The van der Waals surface area contributed by atoms with E-state index >= 15 is 0 Å². The van der Waals surface area contributed by atoms with Crippen molar-refractivity contribution in [1.82, 2.24) is 24.3 Å². The van der Waals surface area contributed by atoms with Crippen LogP contribution in [0, 0.1) is 18.3 Å². The van der Waals surface area contributed by atoms with E-state index in [1.54, 1.807) is 28.0 Å². The number of carbonyl (C=O) groups excluding carboxylic acids is 1. The summed E-state index contributed by atoms with van der Waals surface area (Å²) in [5, 5.41) is 14.2. The van der Waals surface area contributed by atoms with Gasteiger partial charge in [0, 0.05) is 41.5 Å². The number of anilines is 1. The summed E-state index contributed by atoms with van der Waals surface area (Å²) >= 11 is 1.63. The number of ether oxygens (including phenoxy) is 1. The van der Waals surface area contributed by atoms with E-state index in [2.05, 4.69) is 16.3 Å². The molecule has 2 aliphatic heterocycles. The Labute approximate surface area is 241 Å². The van der Waals surface area contributed by atoms with Gasteiger partial charge in [-0.1, -0.05) is 12.1 Å². The smallest absolute Gasteiger partial charge is 0.410 e. The highest BCUT2D eigenvalue weighted by Gasteiger charge is 2.38. The third-order valence-corrected chi connectivity index (χ3v) is 8.69. The molecule has 0 unspecified atom stereocenters. The van der Waals surface area contributed by atoms with E-state index in [0.29, 0.717) is 42.0 Å². The minimum absolute atomic E-state index is 0.0539. The average molecular weight is 570 g/mol. The van der Waals surface area contributed by atoms with Crippen LogP contribution in [0.1, 0.15) is 34.7 Å². The predicted octanol–water partition coefficient (Wildman–Crippen LogP) is 4.21. The molecule has 0 radical (unpaired) electrons. The van der Waals surface area contributed by atoms with Crippen LogP contribution in [-0.4, -0.2) is 69.8 Å². The number of thiazole rings is 1. The van der Waals surface area contributed by atoms with Gasteiger partial charge < -0.3 is 19.9 Å². The number of hydrogen-bond acceptors (Lipinski definition) is 9. The van der Waals surface area contributed by atoms with E-state index in [1.165, 1.54) is 0 Å². The Hall–Kier alpha value is -4.27. The van der Waals surface area contributed by atoms with Crippen LogP contribution in [0.4, 0.5) is 10.5 Å². The number of nitriles is 1. The fraction of sp³-hybridized carbons (Fsp3) is 0.367.